The van der Waals surface area contributed by atoms with E-state index in [2.05, 4.69) is 49.3 Å². The Bertz CT molecular complexity index is 724. The minimum atomic E-state index is -0.140. The molecule has 3 heterocycles. The van der Waals surface area contributed by atoms with Gasteiger partial charge >= 0.3 is 0 Å². The number of carbonyl (C=O) groups is 1. The summed E-state index contributed by atoms with van der Waals surface area (Å²) in [4.78, 5) is 19.1. The van der Waals surface area contributed by atoms with Crippen molar-refractivity contribution in [3.05, 3.63) is 36.2 Å². The van der Waals surface area contributed by atoms with E-state index in [1.165, 1.54) is 0 Å². The van der Waals surface area contributed by atoms with Crippen molar-refractivity contribution >= 4 is 5.91 Å². The normalized spacial score (nSPS) is 18.8. The fourth-order valence-corrected chi connectivity index (χ4v) is 3.48. The number of likely N-dealkylation sites (tertiary alicyclic amines) is 1. The van der Waals surface area contributed by atoms with Gasteiger partial charge in [0, 0.05) is 31.2 Å². The van der Waals surface area contributed by atoms with Gasteiger partial charge in [-0.25, -0.2) is 4.98 Å². The van der Waals surface area contributed by atoms with Gasteiger partial charge in [0.15, 0.2) is 5.69 Å². The van der Waals surface area contributed by atoms with E-state index in [0.717, 1.165) is 25.1 Å². The van der Waals surface area contributed by atoms with Gasteiger partial charge in [0.25, 0.3) is 5.91 Å². The van der Waals surface area contributed by atoms with Crippen molar-refractivity contribution in [3.8, 4) is 0 Å². The molecular weight excluding hydrogens is 314 g/mol. The molecule has 1 aliphatic heterocycles. The summed E-state index contributed by atoms with van der Waals surface area (Å²) in [6.45, 7) is 12.2. The highest BCUT2D eigenvalue weighted by Gasteiger charge is 2.29. The van der Waals surface area contributed by atoms with Crippen LogP contribution in [-0.2, 0) is 5.54 Å². The van der Waals surface area contributed by atoms with E-state index in [-0.39, 0.29) is 11.4 Å². The summed E-state index contributed by atoms with van der Waals surface area (Å²) >= 11 is 0. The van der Waals surface area contributed by atoms with Gasteiger partial charge in [-0.3, -0.25) is 9.48 Å². The molecule has 0 bridgehead atoms. The van der Waals surface area contributed by atoms with E-state index < -0.39 is 0 Å². The summed E-state index contributed by atoms with van der Waals surface area (Å²) < 4.78 is 4.11. The predicted octanol–water partition coefficient (Wildman–Crippen LogP) is 3.44. The number of rotatable bonds is 3. The maximum Gasteiger partial charge on any atom is 0.274 e. The van der Waals surface area contributed by atoms with Crippen LogP contribution in [0.1, 0.15) is 75.6 Å². The second-order valence-corrected chi connectivity index (χ2v) is 8.25. The Morgan fingerprint density at radius 3 is 2.64 bits per heavy atom. The quantitative estimate of drug-likeness (QED) is 0.858. The Hall–Kier alpha value is -2.11. The molecule has 136 valence electrons. The third kappa shape index (κ3) is 3.62. The Morgan fingerprint density at radius 2 is 2.08 bits per heavy atom. The van der Waals surface area contributed by atoms with E-state index >= 15 is 0 Å². The molecule has 2 aromatic rings. The van der Waals surface area contributed by atoms with Crippen LogP contribution in [0.4, 0.5) is 0 Å². The molecule has 0 aliphatic carbocycles. The molecule has 1 amide bonds. The number of nitrogens with zero attached hydrogens (tertiary/aromatic N) is 5. The van der Waals surface area contributed by atoms with Crippen molar-refractivity contribution in [2.45, 2.75) is 65.0 Å². The van der Waals surface area contributed by atoms with Crippen LogP contribution in [0.15, 0.2) is 24.8 Å². The number of hydrogen-bond acceptors (Lipinski definition) is 3. The number of imidazole rings is 1. The van der Waals surface area contributed by atoms with E-state index in [9.17, 15) is 4.79 Å². The summed E-state index contributed by atoms with van der Waals surface area (Å²) in [6.07, 6.45) is 7.69. The highest BCUT2D eigenvalue weighted by Crippen LogP contribution is 2.26. The molecule has 2 aromatic heterocycles. The van der Waals surface area contributed by atoms with Crippen molar-refractivity contribution in [2.75, 3.05) is 13.1 Å². The molecule has 6 heteroatoms. The summed E-state index contributed by atoms with van der Waals surface area (Å²) in [5.41, 5.74) is 1.53. The molecule has 6 nitrogen and oxygen atoms in total. The van der Waals surface area contributed by atoms with Gasteiger partial charge in [-0.05, 0) is 45.6 Å². The van der Waals surface area contributed by atoms with Gasteiger partial charge in [-0.2, -0.15) is 5.10 Å². The van der Waals surface area contributed by atoms with Crippen LogP contribution in [0, 0.1) is 0 Å². The molecule has 0 N–H and O–H groups in total. The second kappa shape index (κ2) is 6.65. The molecule has 0 spiro atoms. The molecule has 0 aromatic carbocycles. The minimum absolute atomic E-state index is 0.0368. The first kappa shape index (κ1) is 17.7. The van der Waals surface area contributed by atoms with Gasteiger partial charge in [0.05, 0.1) is 17.9 Å². The predicted molar refractivity (Wildman–Crippen MR) is 97.7 cm³/mol. The zero-order chi connectivity index (χ0) is 18.2. The van der Waals surface area contributed by atoms with Crippen LogP contribution in [0.5, 0.6) is 0 Å². The molecular formula is C19H29N5O. The highest BCUT2D eigenvalue weighted by molar-refractivity contribution is 5.92. The van der Waals surface area contributed by atoms with Crippen molar-refractivity contribution in [1.29, 1.82) is 0 Å². The third-order valence-corrected chi connectivity index (χ3v) is 4.81. The molecule has 0 radical (unpaired) electrons. The Morgan fingerprint density at radius 1 is 1.32 bits per heavy atom. The maximum absolute atomic E-state index is 13.1. The molecule has 3 rings (SSSR count). The fraction of sp³-hybridized carbons (Fsp3) is 0.632. The average molecular weight is 343 g/mol. The highest BCUT2D eigenvalue weighted by atomic mass is 16.2. The third-order valence-electron chi connectivity index (χ3n) is 4.81. The topological polar surface area (TPSA) is 56.0 Å². The Kier molecular flexibility index (Phi) is 4.71. The Labute approximate surface area is 149 Å². The fourth-order valence-electron chi connectivity index (χ4n) is 3.48. The summed E-state index contributed by atoms with van der Waals surface area (Å²) in [6, 6.07) is 2.27. The second-order valence-electron chi connectivity index (χ2n) is 8.25. The molecule has 0 unspecified atom stereocenters. The average Bonchev–Trinajstić information content (AvgIpc) is 3.23. The largest absolute Gasteiger partial charge is 0.335 e. The lowest BCUT2D eigenvalue weighted by molar-refractivity contribution is 0.0671. The van der Waals surface area contributed by atoms with Gasteiger partial charge in [-0.1, -0.05) is 13.8 Å². The van der Waals surface area contributed by atoms with E-state index in [1.54, 1.807) is 6.20 Å². The maximum atomic E-state index is 13.1. The standard InChI is InChI=1S/C19H29N5O/c1-14(2)17-11-16(21-24(17)19(3,4)5)18(25)22-9-6-7-15(12-22)23-10-8-20-13-23/h8,10-11,13-15H,6-7,9,12H2,1-5H3/t15-/m1/s1. The zero-order valence-corrected chi connectivity index (χ0v) is 15.9. The van der Waals surface area contributed by atoms with Crippen molar-refractivity contribution < 1.29 is 4.79 Å². The van der Waals surface area contributed by atoms with Gasteiger partial charge in [-0.15, -0.1) is 0 Å². The van der Waals surface area contributed by atoms with Crippen LogP contribution >= 0.6 is 0 Å². The van der Waals surface area contributed by atoms with Crippen LogP contribution in [0.25, 0.3) is 0 Å². The lowest BCUT2D eigenvalue weighted by Gasteiger charge is -2.33. The van der Waals surface area contributed by atoms with E-state index in [4.69, 9.17) is 0 Å². The lowest BCUT2D eigenvalue weighted by atomic mass is 10.0. The van der Waals surface area contributed by atoms with Gasteiger partial charge < -0.3 is 9.47 Å². The number of hydrogen-bond donors (Lipinski definition) is 0. The first-order valence-electron chi connectivity index (χ1n) is 9.14. The molecule has 0 saturated carbocycles. The van der Waals surface area contributed by atoms with Crippen molar-refractivity contribution in [2.24, 2.45) is 0 Å². The van der Waals surface area contributed by atoms with Crippen LogP contribution < -0.4 is 0 Å². The molecule has 25 heavy (non-hydrogen) atoms. The number of aromatic nitrogens is 4. The monoisotopic (exact) mass is 343 g/mol. The number of piperidine rings is 1. The number of carbonyl (C=O) groups excluding carboxylic acids is 1. The molecule has 1 saturated heterocycles. The smallest absolute Gasteiger partial charge is 0.274 e. The van der Waals surface area contributed by atoms with Gasteiger partial charge in [0.2, 0.25) is 0 Å². The van der Waals surface area contributed by atoms with Crippen LogP contribution in [0.3, 0.4) is 0 Å². The zero-order valence-electron chi connectivity index (χ0n) is 15.9. The Balaban J connectivity index is 1.83. The molecule has 1 aliphatic rings. The SMILES string of the molecule is CC(C)c1cc(C(=O)N2CCC[C@@H](n3ccnc3)C2)nn1C(C)(C)C. The van der Waals surface area contributed by atoms with Crippen molar-refractivity contribution in [1.82, 2.24) is 24.2 Å². The summed E-state index contributed by atoms with van der Waals surface area (Å²) in [5.74, 6) is 0.364. The summed E-state index contributed by atoms with van der Waals surface area (Å²) in [7, 11) is 0. The first-order chi connectivity index (χ1) is 11.8. The molecule has 1 fully saturated rings. The van der Waals surface area contributed by atoms with E-state index in [1.807, 2.05) is 28.2 Å². The minimum Gasteiger partial charge on any atom is -0.335 e. The summed E-state index contributed by atoms with van der Waals surface area (Å²) in [5, 5.41) is 4.67. The van der Waals surface area contributed by atoms with Gasteiger partial charge in [0.1, 0.15) is 0 Å². The first-order valence-corrected chi connectivity index (χ1v) is 9.14. The van der Waals surface area contributed by atoms with Crippen LogP contribution in [-0.4, -0.2) is 43.2 Å². The van der Waals surface area contributed by atoms with E-state index in [0.29, 0.717) is 24.2 Å². The van der Waals surface area contributed by atoms with Crippen LogP contribution in [0.2, 0.25) is 0 Å². The lowest BCUT2D eigenvalue weighted by Crippen LogP contribution is -2.40. The van der Waals surface area contributed by atoms with Crippen molar-refractivity contribution in [3.63, 3.8) is 0 Å². The number of amides is 1. The molecule has 1 atom stereocenters.